The van der Waals surface area contributed by atoms with Crippen LogP contribution in [0.4, 0.5) is 0 Å². The van der Waals surface area contributed by atoms with Crippen LogP contribution in [-0.4, -0.2) is 22.2 Å². The third-order valence-electron chi connectivity index (χ3n) is 5.49. The van der Waals surface area contributed by atoms with E-state index in [1.54, 1.807) is 13.0 Å². The predicted octanol–water partition coefficient (Wildman–Crippen LogP) is 5.70. The van der Waals surface area contributed by atoms with Gasteiger partial charge >= 0.3 is 0 Å². The van der Waals surface area contributed by atoms with Crippen LogP contribution < -0.4 is 5.32 Å². The van der Waals surface area contributed by atoms with E-state index >= 15 is 0 Å². The van der Waals surface area contributed by atoms with Gasteiger partial charge in [0.15, 0.2) is 0 Å². The van der Waals surface area contributed by atoms with Gasteiger partial charge in [0.25, 0.3) is 5.91 Å². The van der Waals surface area contributed by atoms with Crippen molar-refractivity contribution in [2.75, 3.05) is 0 Å². The van der Waals surface area contributed by atoms with Gasteiger partial charge in [-0.05, 0) is 71.4 Å². The summed E-state index contributed by atoms with van der Waals surface area (Å²) in [5.74, 6) is -0.302. The summed E-state index contributed by atoms with van der Waals surface area (Å²) in [5, 5.41) is 24.1. The lowest BCUT2D eigenvalue weighted by molar-refractivity contribution is 0.0924. The van der Waals surface area contributed by atoms with E-state index in [9.17, 15) is 15.0 Å². The molecule has 0 saturated heterocycles. The summed E-state index contributed by atoms with van der Waals surface area (Å²) in [6.07, 6.45) is 12.0. The number of aryl methyl sites for hydroxylation is 1. The summed E-state index contributed by atoms with van der Waals surface area (Å²) in [5.41, 5.74) is 3.80. The van der Waals surface area contributed by atoms with E-state index in [4.69, 9.17) is 0 Å². The molecule has 1 aliphatic carbocycles. The van der Waals surface area contributed by atoms with Crippen LogP contribution in [-0.2, 0) is 6.42 Å². The standard InChI is InChI=1S/C24H35NO3/c1-16(2)9-8-10-17(3)13-14-20-21(26)15-18(4)22(23(20)27)24(28)25-19-11-6-5-7-12-19/h9,13,15,19,26-27H,5-8,10-12,14H2,1-4H3,(H,25,28)/b17-13+. The molecule has 1 saturated carbocycles. The van der Waals surface area contributed by atoms with Crippen molar-refractivity contribution in [3.05, 3.63) is 46.1 Å². The molecule has 0 aliphatic heterocycles. The Labute approximate surface area is 169 Å². The van der Waals surface area contributed by atoms with Crippen molar-refractivity contribution in [3.8, 4) is 11.5 Å². The van der Waals surface area contributed by atoms with Crippen LogP contribution >= 0.6 is 0 Å². The number of rotatable bonds is 7. The molecule has 0 spiro atoms. The largest absolute Gasteiger partial charge is 0.508 e. The Kier molecular flexibility index (Phi) is 8.16. The van der Waals surface area contributed by atoms with Crippen molar-refractivity contribution in [1.82, 2.24) is 5.32 Å². The highest BCUT2D eigenvalue weighted by atomic mass is 16.3. The molecule has 3 N–H and O–H groups in total. The summed E-state index contributed by atoms with van der Waals surface area (Å²) >= 11 is 0. The zero-order valence-corrected chi connectivity index (χ0v) is 17.8. The van der Waals surface area contributed by atoms with E-state index in [0.717, 1.165) is 38.5 Å². The summed E-state index contributed by atoms with van der Waals surface area (Å²) < 4.78 is 0. The van der Waals surface area contributed by atoms with Gasteiger partial charge in [-0.25, -0.2) is 0 Å². The molecule has 2 rings (SSSR count). The van der Waals surface area contributed by atoms with Crippen LogP contribution in [0.5, 0.6) is 11.5 Å². The van der Waals surface area contributed by atoms with Crippen molar-refractivity contribution in [3.63, 3.8) is 0 Å². The Hall–Kier alpha value is -2.23. The average molecular weight is 386 g/mol. The number of nitrogens with one attached hydrogen (secondary N) is 1. The quantitative estimate of drug-likeness (QED) is 0.527. The fourth-order valence-corrected chi connectivity index (χ4v) is 3.78. The molecule has 0 atom stereocenters. The Morgan fingerprint density at radius 2 is 1.82 bits per heavy atom. The van der Waals surface area contributed by atoms with Gasteiger partial charge in [0, 0.05) is 11.6 Å². The number of benzene rings is 1. The van der Waals surface area contributed by atoms with Gasteiger partial charge in [-0.2, -0.15) is 0 Å². The third kappa shape index (κ3) is 6.15. The zero-order chi connectivity index (χ0) is 20.7. The summed E-state index contributed by atoms with van der Waals surface area (Å²) in [7, 11) is 0. The van der Waals surface area contributed by atoms with Crippen molar-refractivity contribution in [1.29, 1.82) is 0 Å². The fraction of sp³-hybridized carbons (Fsp3) is 0.542. The molecule has 0 unspecified atom stereocenters. The van der Waals surface area contributed by atoms with Gasteiger partial charge in [0.1, 0.15) is 11.5 Å². The summed E-state index contributed by atoms with van der Waals surface area (Å²) in [4.78, 5) is 12.8. The number of phenols is 2. The average Bonchev–Trinajstić information content (AvgIpc) is 2.61. The highest BCUT2D eigenvalue weighted by Crippen LogP contribution is 2.34. The van der Waals surface area contributed by atoms with Crippen LogP contribution in [0.3, 0.4) is 0 Å². The molecule has 0 heterocycles. The topological polar surface area (TPSA) is 69.6 Å². The Morgan fingerprint density at radius 1 is 1.14 bits per heavy atom. The molecule has 28 heavy (non-hydrogen) atoms. The number of carbonyl (C=O) groups excluding carboxylic acids is 1. The van der Waals surface area contributed by atoms with Crippen molar-refractivity contribution < 1.29 is 15.0 Å². The molecule has 4 nitrogen and oxygen atoms in total. The van der Waals surface area contributed by atoms with Crippen LogP contribution in [0, 0.1) is 6.92 Å². The van der Waals surface area contributed by atoms with E-state index in [2.05, 4.69) is 32.2 Å². The van der Waals surface area contributed by atoms with Crippen molar-refractivity contribution in [2.45, 2.75) is 85.1 Å². The Morgan fingerprint density at radius 3 is 2.46 bits per heavy atom. The van der Waals surface area contributed by atoms with E-state index in [-0.39, 0.29) is 29.0 Å². The molecule has 0 bridgehead atoms. The molecule has 1 fully saturated rings. The smallest absolute Gasteiger partial charge is 0.255 e. The van der Waals surface area contributed by atoms with E-state index < -0.39 is 0 Å². The molecule has 154 valence electrons. The molecule has 0 radical (unpaired) electrons. The predicted molar refractivity (Wildman–Crippen MR) is 115 cm³/mol. The first kappa shape index (κ1) is 22.1. The molecule has 1 aliphatic rings. The van der Waals surface area contributed by atoms with Crippen LogP contribution in [0.2, 0.25) is 0 Å². The summed E-state index contributed by atoms with van der Waals surface area (Å²) in [6, 6.07) is 1.76. The third-order valence-corrected chi connectivity index (χ3v) is 5.49. The molecular weight excluding hydrogens is 350 g/mol. The van der Waals surface area contributed by atoms with Gasteiger partial charge in [0.05, 0.1) is 5.56 Å². The summed E-state index contributed by atoms with van der Waals surface area (Å²) in [6.45, 7) is 7.97. The second-order valence-corrected chi connectivity index (χ2v) is 8.30. The maximum atomic E-state index is 12.8. The highest BCUT2D eigenvalue weighted by molar-refractivity contribution is 5.99. The highest BCUT2D eigenvalue weighted by Gasteiger charge is 2.23. The second kappa shape index (κ2) is 10.4. The number of hydrogen-bond acceptors (Lipinski definition) is 3. The number of hydrogen-bond donors (Lipinski definition) is 3. The lowest BCUT2D eigenvalue weighted by atomic mass is 9.94. The minimum atomic E-state index is -0.243. The van der Waals surface area contributed by atoms with Gasteiger partial charge in [-0.15, -0.1) is 0 Å². The first-order chi connectivity index (χ1) is 13.3. The molecule has 1 aromatic carbocycles. The molecule has 0 aromatic heterocycles. The monoisotopic (exact) mass is 385 g/mol. The molecule has 4 heteroatoms. The minimum Gasteiger partial charge on any atom is -0.508 e. The molecule has 1 aromatic rings. The first-order valence-corrected chi connectivity index (χ1v) is 10.4. The van der Waals surface area contributed by atoms with Gasteiger partial charge in [-0.1, -0.05) is 42.6 Å². The number of phenolic OH excluding ortho intramolecular Hbond substituents is 2. The van der Waals surface area contributed by atoms with Crippen LogP contribution in [0.1, 0.15) is 87.2 Å². The maximum absolute atomic E-state index is 12.8. The minimum absolute atomic E-state index is 0.0394. The van der Waals surface area contributed by atoms with Crippen molar-refractivity contribution in [2.24, 2.45) is 0 Å². The second-order valence-electron chi connectivity index (χ2n) is 8.30. The number of allylic oxidation sites excluding steroid dienone is 4. The van der Waals surface area contributed by atoms with Gasteiger partial charge in [0.2, 0.25) is 0 Å². The van der Waals surface area contributed by atoms with E-state index in [0.29, 0.717) is 17.5 Å². The van der Waals surface area contributed by atoms with Crippen molar-refractivity contribution >= 4 is 5.91 Å². The number of amides is 1. The van der Waals surface area contributed by atoms with E-state index in [1.165, 1.54) is 17.6 Å². The fourth-order valence-electron chi connectivity index (χ4n) is 3.78. The first-order valence-electron chi connectivity index (χ1n) is 10.4. The zero-order valence-electron chi connectivity index (χ0n) is 17.8. The lowest BCUT2D eigenvalue weighted by Crippen LogP contribution is -2.36. The lowest BCUT2D eigenvalue weighted by Gasteiger charge is -2.23. The van der Waals surface area contributed by atoms with Crippen LogP contribution in [0.15, 0.2) is 29.4 Å². The van der Waals surface area contributed by atoms with E-state index in [1.807, 2.05) is 6.08 Å². The number of carbonyl (C=O) groups is 1. The maximum Gasteiger partial charge on any atom is 0.255 e. The number of aromatic hydroxyl groups is 2. The van der Waals surface area contributed by atoms with Crippen LogP contribution in [0.25, 0.3) is 0 Å². The molecule has 1 amide bonds. The van der Waals surface area contributed by atoms with Gasteiger partial charge < -0.3 is 15.5 Å². The normalized spacial score (nSPS) is 15.4. The Bertz CT molecular complexity index is 752. The van der Waals surface area contributed by atoms with Gasteiger partial charge in [-0.3, -0.25) is 4.79 Å². The SMILES string of the molecule is CC(C)=CCC/C(C)=C/Cc1c(O)cc(C)c(C(=O)NC2CCCCC2)c1O. The molecular formula is C24H35NO3. The Balaban J connectivity index is 2.15.